The molecule has 0 aromatic heterocycles. The molecule has 426 valence electrons. The van der Waals surface area contributed by atoms with Crippen molar-refractivity contribution in [2.24, 2.45) is 0 Å². The number of carbonyl (C=O) groups excluding carboxylic acids is 2. The van der Waals surface area contributed by atoms with Gasteiger partial charge in [-0.1, -0.05) is 314 Å². The zero-order valence-corrected chi connectivity index (χ0v) is 48.7. The molecule has 3 N–H and O–H groups in total. The topological polar surface area (TPSA) is 95.9 Å². The number of hydrogen-bond acceptors (Lipinski definition) is 5. The van der Waals surface area contributed by atoms with Gasteiger partial charge in [-0.05, 0) is 57.8 Å². The second-order valence-corrected chi connectivity index (χ2v) is 22.5. The maximum Gasteiger partial charge on any atom is 0.305 e. The predicted molar refractivity (Wildman–Crippen MR) is 315 cm³/mol. The van der Waals surface area contributed by atoms with Gasteiger partial charge in [-0.15, -0.1) is 0 Å². The third kappa shape index (κ3) is 57.6. The molecule has 6 heteroatoms. The highest BCUT2D eigenvalue weighted by Crippen LogP contribution is 2.18. The van der Waals surface area contributed by atoms with Crippen LogP contribution in [0, 0.1) is 0 Å². The Hall–Kier alpha value is -1.66. The molecule has 0 aliphatic rings. The average Bonchev–Trinajstić information content (AvgIpc) is 3.38. The SMILES string of the molecule is CCCCCCCCCC/C=C/C(O)C(CO)NC(=O)CCCCCCCCCCCCCCCCCC/C=C\CCCCCCCCCCCCCCOC(=O)CCCCCCCCCCCCCCC. The van der Waals surface area contributed by atoms with E-state index in [1.807, 2.05) is 6.08 Å². The van der Waals surface area contributed by atoms with Gasteiger partial charge in [0.2, 0.25) is 5.91 Å². The molecule has 2 unspecified atom stereocenters. The third-order valence-corrected chi connectivity index (χ3v) is 15.2. The molecule has 72 heavy (non-hydrogen) atoms. The number of ether oxygens (including phenoxy) is 1. The number of hydrogen-bond donors (Lipinski definition) is 3. The van der Waals surface area contributed by atoms with E-state index in [-0.39, 0.29) is 18.5 Å². The summed E-state index contributed by atoms with van der Waals surface area (Å²) in [4.78, 5) is 24.4. The summed E-state index contributed by atoms with van der Waals surface area (Å²) in [5.74, 6) is -0.0463. The van der Waals surface area contributed by atoms with Gasteiger partial charge in [0.05, 0.1) is 25.4 Å². The van der Waals surface area contributed by atoms with Gasteiger partial charge in [0.1, 0.15) is 0 Å². The number of aliphatic hydroxyl groups excluding tert-OH is 2. The summed E-state index contributed by atoms with van der Waals surface area (Å²) in [7, 11) is 0. The van der Waals surface area contributed by atoms with Gasteiger partial charge in [0.25, 0.3) is 0 Å². The van der Waals surface area contributed by atoms with Crippen LogP contribution in [0.4, 0.5) is 0 Å². The summed E-state index contributed by atoms with van der Waals surface area (Å²) in [6.45, 7) is 4.91. The van der Waals surface area contributed by atoms with Crippen LogP contribution in [0.3, 0.4) is 0 Å². The Balaban J connectivity index is 3.33. The molecule has 0 aromatic carbocycles. The third-order valence-electron chi connectivity index (χ3n) is 15.2. The van der Waals surface area contributed by atoms with Gasteiger partial charge in [0.15, 0.2) is 0 Å². The molecule has 0 aliphatic carbocycles. The lowest BCUT2D eigenvalue weighted by molar-refractivity contribution is -0.143. The molecule has 6 nitrogen and oxygen atoms in total. The number of unbranched alkanes of at least 4 members (excludes halogenated alkanes) is 48. The van der Waals surface area contributed by atoms with Gasteiger partial charge in [-0.25, -0.2) is 0 Å². The van der Waals surface area contributed by atoms with Crippen LogP contribution in [0.5, 0.6) is 0 Å². The Bertz CT molecular complexity index is 1120. The maximum absolute atomic E-state index is 12.4. The highest BCUT2D eigenvalue weighted by Gasteiger charge is 2.18. The molecule has 0 fully saturated rings. The quantitative estimate of drug-likeness (QED) is 0.0320. The average molecular weight is 1010 g/mol. The van der Waals surface area contributed by atoms with Gasteiger partial charge in [-0.2, -0.15) is 0 Å². The molecule has 1 amide bonds. The lowest BCUT2D eigenvalue weighted by Crippen LogP contribution is -2.45. The molecule has 0 heterocycles. The van der Waals surface area contributed by atoms with Crippen molar-refractivity contribution in [3.8, 4) is 0 Å². The van der Waals surface area contributed by atoms with Crippen LogP contribution in [0.25, 0.3) is 0 Å². The summed E-state index contributed by atoms with van der Waals surface area (Å²) in [5, 5.41) is 23.0. The predicted octanol–water partition coefficient (Wildman–Crippen LogP) is 20.6. The fraction of sp³-hybridized carbons (Fsp3) is 0.909. The molecule has 0 bridgehead atoms. The lowest BCUT2D eigenvalue weighted by Gasteiger charge is -2.20. The van der Waals surface area contributed by atoms with Crippen LogP contribution < -0.4 is 5.32 Å². The number of carbonyl (C=O) groups is 2. The minimum atomic E-state index is -0.840. The van der Waals surface area contributed by atoms with E-state index in [1.165, 1.54) is 295 Å². The minimum Gasteiger partial charge on any atom is -0.466 e. The Morgan fingerprint density at radius 1 is 0.375 bits per heavy atom. The molecule has 0 rings (SSSR count). The largest absolute Gasteiger partial charge is 0.466 e. The van der Waals surface area contributed by atoms with Crippen molar-refractivity contribution in [1.82, 2.24) is 5.32 Å². The second kappa shape index (κ2) is 61.9. The number of rotatable bonds is 61. The van der Waals surface area contributed by atoms with Gasteiger partial charge < -0.3 is 20.3 Å². The van der Waals surface area contributed by atoms with Gasteiger partial charge in [0, 0.05) is 12.8 Å². The van der Waals surface area contributed by atoms with Gasteiger partial charge in [-0.3, -0.25) is 9.59 Å². The molecule has 0 aromatic rings. The molecule has 0 spiro atoms. The van der Waals surface area contributed by atoms with E-state index in [1.54, 1.807) is 6.08 Å². The Kier molecular flexibility index (Phi) is 60.5. The standard InChI is InChI=1S/C66H127NO5/c1-3-5-7-9-11-13-15-36-40-44-48-52-56-60-66(71)72-61-57-53-49-45-41-38-35-33-31-29-27-25-23-21-19-17-16-18-20-22-24-26-28-30-32-34-37-39-43-47-51-55-59-65(70)67-63(62-68)64(69)58-54-50-46-42-14-12-10-8-6-4-2/h19,21,54,58,63-64,68-69H,3-18,20,22-53,55-57,59-62H2,1-2H3,(H,67,70)/b21-19-,58-54+. The lowest BCUT2D eigenvalue weighted by atomic mass is 10.0. The number of aliphatic hydroxyl groups is 2. The first kappa shape index (κ1) is 70.3. The summed E-state index contributed by atoms with van der Waals surface area (Å²) >= 11 is 0. The van der Waals surface area contributed by atoms with E-state index < -0.39 is 12.1 Å². The molecular weight excluding hydrogens is 887 g/mol. The highest BCUT2D eigenvalue weighted by atomic mass is 16.5. The normalized spacial score (nSPS) is 12.7. The van der Waals surface area contributed by atoms with Crippen LogP contribution >= 0.6 is 0 Å². The number of nitrogens with one attached hydrogen (secondary N) is 1. The molecule has 2 atom stereocenters. The fourth-order valence-corrected chi connectivity index (χ4v) is 10.2. The van der Waals surface area contributed by atoms with E-state index in [4.69, 9.17) is 4.74 Å². The second-order valence-electron chi connectivity index (χ2n) is 22.5. The Morgan fingerprint density at radius 3 is 0.986 bits per heavy atom. The van der Waals surface area contributed by atoms with Crippen LogP contribution in [0.15, 0.2) is 24.3 Å². The monoisotopic (exact) mass is 1010 g/mol. The van der Waals surface area contributed by atoms with Crippen molar-refractivity contribution in [3.63, 3.8) is 0 Å². The van der Waals surface area contributed by atoms with E-state index in [2.05, 4.69) is 31.3 Å². The van der Waals surface area contributed by atoms with E-state index in [0.717, 1.165) is 38.5 Å². The smallest absolute Gasteiger partial charge is 0.305 e. The summed E-state index contributed by atoms with van der Waals surface area (Å²) in [5.41, 5.74) is 0. The van der Waals surface area contributed by atoms with Crippen LogP contribution in [0.2, 0.25) is 0 Å². The van der Waals surface area contributed by atoms with Crippen molar-refractivity contribution in [1.29, 1.82) is 0 Å². The molecule has 0 aliphatic heterocycles. The van der Waals surface area contributed by atoms with Crippen molar-refractivity contribution in [2.75, 3.05) is 13.2 Å². The summed E-state index contributed by atoms with van der Waals surface area (Å²) in [6, 6.07) is -0.623. The van der Waals surface area contributed by atoms with E-state index in [9.17, 15) is 19.8 Å². The van der Waals surface area contributed by atoms with Crippen molar-refractivity contribution in [2.45, 2.75) is 373 Å². The number of amides is 1. The van der Waals surface area contributed by atoms with Gasteiger partial charge >= 0.3 is 5.97 Å². The van der Waals surface area contributed by atoms with E-state index >= 15 is 0 Å². The molecule has 0 radical (unpaired) electrons. The highest BCUT2D eigenvalue weighted by molar-refractivity contribution is 5.76. The first-order valence-corrected chi connectivity index (χ1v) is 32.6. The molecule has 0 saturated carbocycles. The van der Waals surface area contributed by atoms with Crippen LogP contribution in [-0.4, -0.2) is 47.4 Å². The van der Waals surface area contributed by atoms with Crippen molar-refractivity contribution in [3.05, 3.63) is 24.3 Å². The molecule has 0 saturated heterocycles. The van der Waals surface area contributed by atoms with Crippen LogP contribution in [0.1, 0.15) is 361 Å². The van der Waals surface area contributed by atoms with Crippen molar-refractivity contribution >= 4 is 11.9 Å². The zero-order valence-electron chi connectivity index (χ0n) is 48.7. The number of esters is 1. The summed E-state index contributed by atoms with van der Waals surface area (Å²) < 4.78 is 5.48. The van der Waals surface area contributed by atoms with Crippen molar-refractivity contribution < 1.29 is 24.5 Å². The maximum atomic E-state index is 12.4. The first-order chi connectivity index (χ1) is 35.5. The minimum absolute atomic E-state index is 0.0197. The fourth-order valence-electron chi connectivity index (χ4n) is 10.2. The zero-order chi connectivity index (χ0) is 52.2. The molecular formula is C66H127NO5. The number of allylic oxidation sites excluding steroid dienone is 3. The first-order valence-electron chi connectivity index (χ1n) is 32.6. The van der Waals surface area contributed by atoms with Crippen LogP contribution in [-0.2, 0) is 14.3 Å². The Labute approximate surface area is 450 Å². The van der Waals surface area contributed by atoms with E-state index in [0.29, 0.717) is 19.4 Å². The summed E-state index contributed by atoms with van der Waals surface area (Å²) in [6.07, 6.45) is 76.8. The Morgan fingerprint density at radius 2 is 0.653 bits per heavy atom.